The van der Waals surface area contributed by atoms with E-state index in [1.54, 1.807) is 42.5 Å². The number of nitrogens with one attached hydrogen (secondary N) is 3. The molecule has 0 aliphatic rings. The zero-order valence-corrected chi connectivity index (χ0v) is 18.7. The van der Waals surface area contributed by atoms with E-state index in [1.807, 2.05) is 6.92 Å². The normalized spacial score (nSPS) is 10.6. The van der Waals surface area contributed by atoms with Crippen molar-refractivity contribution in [1.82, 2.24) is 5.43 Å². The van der Waals surface area contributed by atoms with Gasteiger partial charge in [0.05, 0.1) is 6.21 Å². The molecule has 3 rings (SSSR count). The molecule has 0 radical (unpaired) electrons. The third-order valence-electron chi connectivity index (χ3n) is 4.39. The van der Waals surface area contributed by atoms with Gasteiger partial charge in [0.1, 0.15) is 11.6 Å². The van der Waals surface area contributed by atoms with E-state index in [4.69, 9.17) is 16.3 Å². The first-order chi connectivity index (χ1) is 16.3. The molecule has 0 bridgehead atoms. The first-order valence-corrected chi connectivity index (χ1v) is 10.4. The molecule has 3 aromatic rings. The smallest absolute Gasteiger partial charge is 0.329 e. The van der Waals surface area contributed by atoms with Crippen LogP contribution in [0.25, 0.3) is 0 Å². The van der Waals surface area contributed by atoms with E-state index in [1.165, 1.54) is 18.3 Å². The molecular formula is C24H20ClFN4O4. The van der Waals surface area contributed by atoms with Crippen LogP contribution in [-0.4, -0.2) is 30.5 Å². The Kier molecular flexibility index (Phi) is 8.31. The Morgan fingerprint density at radius 2 is 1.62 bits per heavy atom. The van der Waals surface area contributed by atoms with Crippen molar-refractivity contribution in [2.75, 3.05) is 17.2 Å². The summed E-state index contributed by atoms with van der Waals surface area (Å²) in [6.07, 6.45) is 1.33. The molecule has 0 aliphatic heterocycles. The van der Waals surface area contributed by atoms with E-state index in [2.05, 4.69) is 21.2 Å². The third kappa shape index (κ3) is 7.42. The number of rotatable bonds is 7. The van der Waals surface area contributed by atoms with E-state index >= 15 is 0 Å². The van der Waals surface area contributed by atoms with Crippen LogP contribution in [0.4, 0.5) is 15.8 Å². The number of ether oxygens (including phenoxy) is 1. The lowest BCUT2D eigenvalue weighted by atomic mass is 10.2. The molecule has 0 fully saturated rings. The van der Waals surface area contributed by atoms with Gasteiger partial charge < -0.3 is 15.4 Å². The first-order valence-electron chi connectivity index (χ1n) is 9.99. The Morgan fingerprint density at radius 3 is 2.29 bits per heavy atom. The van der Waals surface area contributed by atoms with Gasteiger partial charge in [0.25, 0.3) is 5.91 Å². The van der Waals surface area contributed by atoms with Crippen molar-refractivity contribution in [2.24, 2.45) is 5.10 Å². The van der Waals surface area contributed by atoms with Gasteiger partial charge in [0.2, 0.25) is 0 Å². The van der Waals surface area contributed by atoms with Crippen LogP contribution >= 0.6 is 11.6 Å². The molecule has 0 heterocycles. The monoisotopic (exact) mass is 482 g/mol. The Balaban J connectivity index is 1.43. The zero-order chi connectivity index (χ0) is 24.5. The summed E-state index contributed by atoms with van der Waals surface area (Å²) in [6, 6.07) is 16.7. The quantitative estimate of drug-likeness (QED) is 0.269. The summed E-state index contributed by atoms with van der Waals surface area (Å²) >= 11 is 6.04. The van der Waals surface area contributed by atoms with E-state index in [0.29, 0.717) is 22.0 Å². The van der Waals surface area contributed by atoms with Gasteiger partial charge in [-0.2, -0.15) is 5.10 Å². The molecule has 3 aromatic carbocycles. The summed E-state index contributed by atoms with van der Waals surface area (Å²) in [7, 11) is 0. The van der Waals surface area contributed by atoms with Crippen LogP contribution in [0.1, 0.15) is 11.1 Å². The predicted molar refractivity (Wildman–Crippen MR) is 128 cm³/mol. The lowest BCUT2D eigenvalue weighted by Gasteiger charge is -2.08. The van der Waals surface area contributed by atoms with Crippen molar-refractivity contribution in [3.05, 3.63) is 88.7 Å². The van der Waals surface area contributed by atoms with Gasteiger partial charge >= 0.3 is 11.8 Å². The van der Waals surface area contributed by atoms with Crippen LogP contribution in [0.3, 0.4) is 0 Å². The molecule has 3 N–H and O–H groups in total. The van der Waals surface area contributed by atoms with E-state index in [9.17, 15) is 18.8 Å². The van der Waals surface area contributed by atoms with Gasteiger partial charge in [-0.1, -0.05) is 17.7 Å². The van der Waals surface area contributed by atoms with Crippen LogP contribution in [0.2, 0.25) is 5.02 Å². The standard InChI is InChI=1S/C24H20ClFN4O4/c1-15-2-7-19(12-21(15)25)28-22(31)14-34-20-10-3-16(4-11-20)13-27-30-24(33)23(32)29-18-8-5-17(26)6-9-18/h2-13H,14H2,1H3,(H,28,31)(H,29,32)(H,30,33)/b27-13-. The molecule has 0 unspecified atom stereocenters. The minimum atomic E-state index is -0.985. The molecular weight excluding hydrogens is 463 g/mol. The minimum Gasteiger partial charge on any atom is -0.484 e. The lowest BCUT2D eigenvalue weighted by molar-refractivity contribution is -0.136. The third-order valence-corrected chi connectivity index (χ3v) is 4.80. The predicted octanol–water partition coefficient (Wildman–Crippen LogP) is 3.89. The minimum absolute atomic E-state index is 0.196. The Hall–Kier alpha value is -4.24. The van der Waals surface area contributed by atoms with Crippen LogP contribution < -0.4 is 20.8 Å². The Labute approximate surface area is 199 Å². The fourth-order valence-electron chi connectivity index (χ4n) is 2.60. The molecule has 8 nitrogen and oxygen atoms in total. The molecule has 0 atom stereocenters. The SMILES string of the molecule is Cc1ccc(NC(=O)COc2ccc(/C=N\NC(=O)C(=O)Nc3ccc(F)cc3)cc2)cc1Cl. The van der Waals surface area contributed by atoms with Crippen molar-refractivity contribution in [2.45, 2.75) is 6.92 Å². The molecule has 0 saturated carbocycles. The number of nitrogens with zero attached hydrogens (tertiary/aromatic N) is 1. The Morgan fingerprint density at radius 1 is 0.941 bits per heavy atom. The molecule has 34 heavy (non-hydrogen) atoms. The van der Waals surface area contributed by atoms with Gasteiger partial charge in [-0.05, 0) is 78.7 Å². The van der Waals surface area contributed by atoms with Crippen molar-refractivity contribution in [3.63, 3.8) is 0 Å². The maximum Gasteiger partial charge on any atom is 0.329 e. The molecule has 0 spiro atoms. The maximum absolute atomic E-state index is 12.9. The second-order valence-corrected chi connectivity index (χ2v) is 7.44. The second kappa shape index (κ2) is 11.6. The highest BCUT2D eigenvalue weighted by molar-refractivity contribution is 6.39. The largest absolute Gasteiger partial charge is 0.484 e. The number of carbonyl (C=O) groups excluding carboxylic acids is 3. The van der Waals surface area contributed by atoms with Crippen molar-refractivity contribution in [3.8, 4) is 5.75 Å². The summed E-state index contributed by atoms with van der Waals surface area (Å²) in [6.45, 7) is 1.67. The average molecular weight is 483 g/mol. The van der Waals surface area contributed by atoms with E-state index in [0.717, 1.165) is 17.7 Å². The molecule has 10 heteroatoms. The molecule has 0 saturated heterocycles. The van der Waals surface area contributed by atoms with Crippen LogP contribution in [0.15, 0.2) is 71.8 Å². The number of hydrazone groups is 1. The lowest BCUT2D eigenvalue weighted by Crippen LogP contribution is -2.32. The number of benzene rings is 3. The van der Waals surface area contributed by atoms with Gasteiger partial charge in [-0.25, -0.2) is 9.82 Å². The highest BCUT2D eigenvalue weighted by atomic mass is 35.5. The molecule has 3 amide bonds. The number of anilines is 2. The zero-order valence-electron chi connectivity index (χ0n) is 18.0. The number of amides is 3. The van der Waals surface area contributed by atoms with E-state index in [-0.39, 0.29) is 18.2 Å². The number of carbonyl (C=O) groups is 3. The van der Waals surface area contributed by atoms with Crippen molar-refractivity contribution in [1.29, 1.82) is 0 Å². The van der Waals surface area contributed by atoms with Crippen molar-refractivity contribution < 1.29 is 23.5 Å². The first kappa shape index (κ1) is 24.4. The summed E-state index contributed by atoms with van der Waals surface area (Å²) in [5.41, 5.74) is 4.47. The van der Waals surface area contributed by atoms with Gasteiger partial charge in [0.15, 0.2) is 6.61 Å². The average Bonchev–Trinajstić information content (AvgIpc) is 2.82. The number of halogens is 2. The Bertz CT molecular complexity index is 1210. The van der Waals surface area contributed by atoms with Gasteiger partial charge in [-0.15, -0.1) is 0 Å². The number of aryl methyl sites for hydroxylation is 1. The van der Waals surface area contributed by atoms with Crippen LogP contribution in [-0.2, 0) is 14.4 Å². The van der Waals surface area contributed by atoms with Gasteiger partial charge in [0, 0.05) is 16.4 Å². The van der Waals surface area contributed by atoms with Crippen LogP contribution in [0, 0.1) is 12.7 Å². The van der Waals surface area contributed by atoms with E-state index < -0.39 is 17.6 Å². The molecule has 174 valence electrons. The van der Waals surface area contributed by atoms with Crippen molar-refractivity contribution >= 4 is 46.9 Å². The summed E-state index contributed by atoms with van der Waals surface area (Å²) in [5.74, 6) is -2.27. The molecule has 0 aromatic heterocycles. The fraction of sp³-hybridized carbons (Fsp3) is 0.0833. The fourth-order valence-corrected chi connectivity index (χ4v) is 2.78. The molecule has 0 aliphatic carbocycles. The maximum atomic E-state index is 12.9. The highest BCUT2D eigenvalue weighted by Gasteiger charge is 2.12. The number of hydrogen-bond donors (Lipinski definition) is 3. The topological polar surface area (TPSA) is 109 Å². The number of hydrogen-bond acceptors (Lipinski definition) is 5. The second-order valence-electron chi connectivity index (χ2n) is 7.03. The highest BCUT2D eigenvalue weighted by Crippen LogP contribution is 2.20. The summed E-state index contributed by atoms with van der Waals surface area (Å²) in [4.78, 5) is 35.7. The summed E-state index contributed by atoms with van der Waals surface area (Å²) in [5, 5.41) is 9.30. The van der Waals surface area contributed by atoms with Gasteiger partial charge in [-0.3, -0.25) is 14.4 Å². The summed E-state index contributed by atoms with van der Waals surface area (Å²) < 4.78 is 18.3. The van der Waals surface area contributed by atoms with Crippen LogP contribution in [0.5, 0.6) is 5.75 Å².